The van der Waals surface area contributed by atoms with E-state index in [9.17, 15) is 9.59 Å². The summed E-state index contributed by atoms with van der Waals surface area (Å²) in [5.41, 5.74) is 4.52. The maximum atomic E-state index is 12.8. The zero-order chi connectivity index (χ0) is 22.9. The van der Waals surface area contributed by atoms with Gasteiger partial charge in [-0.25, -0.2) is 4.98 Å². The standard InChI is InChI=1S/C25H25N5O2S/c1-17-6-5-8-19(14-17)24(32)29-12-10-28(11-13-29)16-20-15-22(31)30-25(26-20)33-23(27-30)21-9-4-3-7-18(21)2/h3-9,14-15H,10-13,16H2,1-2H3. The van der Waals surface area contributed by atoms with Crippen molar-refractivity contribution in [1.29, 1.82) is 0 Å². The first kappa shape index (κ1) is 21.5. The van der Waals surface area contributed by atoms with Crippen molar-refractivity contribution in [2.24, 2.45) is 0 Å². The van der Waals surface area contributed by atoms with E-state index in [1.54, 1.807) is 6.07 Å². The first-order valence-electron chi connectivity index (χ1n) is 11.0. The number of rotatable bonds is 4. The summed E-state index contributed by atoms with van der Waals surface area (Å²) in [4.78, 5) is 34.9. The van der Waals surface area contributed by atoms with Gasteiger partial charge in [-0.1, -0.05) is 53.3 Å². The molecule has 1 aliphatic rings. The number of nitrogens with zero attached hydrogens (tertiary/aromatic N) is 5. The van der Waals surface area contributed by atoms with Crippen molar-refractivity contribution in [3.8, 4) is 10.6 Å². The summed E-state index contributed by atoms with van der Waals surface area (Å²) in [6.45, 7) is 7.42. The molecule has 1 amide bonds. The molecular formula is C25H25N5O2S. The highest BCUT2D eigenvalue weighted by molar-refractivity contribution is 7.19. The van der Waals surface area contributed by atoms with Crippen molar-refractivity contribution >= 4 is 22.2 Å². The van der Waals surface area contributed by atoms with Gasteiger partial charge in [0.25, 0.3) is 11.5 Å². The van der Waals surface area contributed by atoms with Crippen LogP contribution in [0.15, 0.2) is 59.4 Å². The van der Waals surface area contributed by atoms with Crippen LogP contribution in [0.2, 0.25) is 0 Å². The second-order valence-corrected chi connectivity index (χ2v) is 9.40. The van der Waals surface area contributed by atoms with Crippen molar-refractivity contribution < 1.29 is 4.79 Å². The molecule has 33 heavy (non-hydrogen) atoms. The predicted molar refractivity (Wildman–Crippen MR) is 130 cm³/mol. The maximum Gasteiger partial charge on any atom is 0.275 e. The van der Waals surface area contributed by atoms with Crippen LogP contribution in [0.4, 0.5) is 0 Å². The number of hydrogen-bond donors (Lipinski definition) is 0. The Bertz CT molecular complexity index is 1390. The lowest BCUT2D eigenvalue weighted by atomic mass is 10.1. The molecule has 0 spiro atoms. The maximum absolute atomic E-state index is 12.8. The van der Waals surface area contributed by atoms with Crippen molar-refractivity contribution in [2.45, 2.75) is 20.4 Å². The van der Waals surface area contributed by atoms with Gasteiger partial charge < -0.3 is 4.90 Å². The number of hydrogen-bond acceptors (Lipinski definition) is 6. The van der Waals surface area contributed by atoms with Gasteiger partial charge >= 0.3 is 0 Å². The van der Waals surface area contributed by atoms with E-state index >= 15 is 0 Å². The average Bonchev–Trinajstić information content (AvgIpc) is 3.24. The van der Waals surface area contributed by atoms with Gasteiger partial charge in [-0.3, -0.25) is 14.5 Å². The zero-order valence-corrected chi connectivity index (χ0v) is 19.5. The minimum Gasteiger partial charge on any atom is -0.336 e. The Morgan fingerprint density at radius 3 is 2.55 bits per heavy atom. The van der Waals surface area contributed by atoms with Crippen LogP contribution >= 0.6 is 11.3 Å². The molecule has 0 saturated carbocycles. The molecule has 1 aliphatic heterocycles. The van der Waals surface area contributed by atoms with Crippen molar-refractivity contribution in [3.63, 3.8) is 0 Å². The molecule has 0 aliphatic carbocycles. The smallest absolute Gasteiger partial charge is 0.275 e. The number of carbonyl (C=O) groups excluding carboxylic acids is 1. The van der Waals surface area contributed by atoms with Crippen LogP contribution in [0.3, 0.4) is 0 Å². The largest absolute Gasteiger partial charge is 0.336 e. The molecule has 168 valence electrons. The molecule has 0 radical (unpaired) electrons. The number of fused-ring (bicyclic) bond motifs is 1. The van der Waals surface area contributed by atoms with Crippen molar-refractivity contribution in [2.75, 3.05) is 26.2 Å². The monoisotopic (exact) mass is 459 g/mol. The lowest BCUT2D eigenvalue weighted by molar-refractivity contribution is 0.0627. The SMILES string of the molecule is Cc1cccc(C(=O)N2CCN(Cc3cc(=O)n4nc(-c5ccccc5C)sc4n3)CC2)c1. The van der Waals surface area contributed by atoms with E-state index in [0.717, 1.165) is 46.0 Å². The number of carbonyl (C=O) groups is 1. The van der Waals surface area contributed by atoms with E-state index in [4.69, 9.17) is 4.98 Å². The minimum absolute atomic E-state index is 0.0736. The lowest BCUT2D eigenvalue weighted by Crippen LogP contribution is -2.48. The summed E-state index contributed by atoms with van der Waals surface area (Å²) in [6, 6.07) is 17.3. The molecule has 1 fully saturated rings. The number of amides is 1. The highest BCUT2D eigenvalue weighted by Gasteiger charge is 2.23. The number of aryl methyl sites for hydroxylation is 2. The minimum atomic E-state index is -0.167. The Balaban J connectivity index is 1.29. The molecule has 8 heteroatoms. The zero-order valence-electron chi connectivity index (χ0n) is 18.7. The van der Waals surface area contributed by atoms with Crippen LogP contribution in [0.5, 0.6) is 0 Å². The Morgan fingerprint density at radius 2 is 1.79 bits per heavy atom. The highest BCUT2D eigenvalue weighted by Crippen LogP contribution is 2.27. The molecule has 5 rings (SSSR count). The molecule has 1 saturated heterocycles. The van der Waals surface area contributed by atoms with E-state index in [-0.39, 0.29) is 11.5 Å². The van der Waals surface area contributed by atoms with Gasteiger partial charge in [-0.2, -0.15) is 9.61 Å². The van der Waals surface area contributed by atoms with Gasteiger partial charge in [0.15, 0.2) is 0 Å². The van der Waals surface area contributed by atoms with Crippen LogP contribution in [0, 0.1) is 13.8 Å². The molecule has 0 N–H and O–H groups in total. The highest BCUT2D eigenvalue weighted by atomic mass is 32.1. The van der Waals surface area contributed by atoms with E-state index in [2.05, 4.69) is 10.00 Å². The second kappa shape index (κ2) is 8.88. The summed E-state index contributed by atoms with van der Waals surface area (Å²) in [5.74, 6) is 0.0736. The Kier molecular flexibility index (Phi) is 5.78. The third-order valence-corrected chi connectivity index (χ3v) is 6.93. The van der Waals surface area contributed by atoms with Gasteiger partial charge in [-0.05, 0) is 31.5 Å². The molecule has 0 unspecified atom stereocenters. The van der Waals surface area contributed by atoms with Crippen molar-refractivity contribution in [3.05, 3.63) is 87.3 Å². The molecule has 0 bridgehead atoms. The molecule has 4 aromatic rings. The van der Waals surface area contributed by atoms with Gasteiger partial charge in [0.05, 0.1) is 5.69 Å². The quantitative estimate of drug-likeness (QED) is 0.468. The second-order valence-electron chi connectivity index (χ2n) is 8.44. The van der Waals surface area contributed by atoms with E-state index in [0.29, 0.717) is 24.6 Å². The van der Waals surface area contributed by atoms with Crippen LogP contribution in [0.25, 0.3) is 15.5 Å². The van der Waals surface area contributed by atoms with Gasteiger partial charge in [0.1, 0.15) is 5.01 Å². The molecule has 2 aromatic heterocycles. The van der Waals surface area contributed by atoms with Gasteiger partial charge in [-0.15, -0.1) is 0 Å². The van der Waals surface area contributed by atoms with E-state index in [1.807, 2.05) is 67.3 Å². The summed E-state index contributed by atoms with van der Waals surface area (Å²) in [5, 5.41) is 5.29. The fourth-order valence-corrected chi connectivity index (χ4v) is 5.17. The van der Waals surface area contributed by atoms with Crippen LogP contribution in [0.1, 0.15) is 27.2 Å². The topological polar surface area (TPSA) is 70.8 Å². The Labute approximate surface area is 195 Å². The van der Waals surface area contributed by atoms with Gasteiger partial charge in [0, 0.05) is 49.9 Å². The summed E-state index contributed by atoms with van der Waals surface area (Å²) in [7, 11) is 0. The predicted octanol–water partition coefficient (Wildman–Crippen LogP) is 3.39. The van der Waals surface area contributed by atoms with E-state index in [1.165, 1.54) is 15.9 Å². The van der Waals surface area contributed by atoms with Gasteiger partial charge in [0.2, 0.25) is 4.96 Å². The lowest BCUT2D eigenvalue weighted by Gasteiger charge is -2.34. The summed E-state index contributed by atoms with van der Waals surface area (Å²) < 4.78 is 1.38. The molecule has 3 heterocycles. The fraction of sp³-hybridized carbons (Fsp3) is 0.280. The first-order chi connectivity index (χ1) is 16.0. The van der Waals surface area contributed by atoms with Crippen LogP contribution < -0.4 is 5.56 Å². The number of benzene rings is 2. The third-order valence-electron chi connectivity index (χ3n) is 5.98. The molecule has 0 atom stereocenters. The van der Waals surface area contributed by atoms with E-state index < -0.39 is 0 Å². The van der Waals surface area contributed by atoms with Crippen LogP contribution in [-0.2, 0) is 6.54 Å². The molecular weight excluding hydrogens is 434 g/mol. The first-order valence-corrected chi connectivity index (χ1v) is 11.8. The summed E-state index contributed by atoms with van der Waals surface area (Å²) >= 11 is 1.43. The number of aromatic nitrogens is 3. The average molecular weight is 460 g/mol. The Morgan fingerprint density at radius 1 is 1.00 bits per heavy atom. The molecule has 2 aromatic carbocycles. The Hall–Kier alpha value is -3.36. The third kappa shape index (κ3) is 4.44. The molecule has 7 nitrogen and oxygen atoms in total. The number of piperazine rings is 1. The van der Waals surface area contributed by atoms with Crippen LogP contribution in [-0.4, -0.2) is 56.5 Å². The van der Waals surface area contributed by atoms with Crippen molar-refractivity contribution in [1.82, 2.24) is 24.4 Å². The fourth-order valence-electron chi connectivity index (χ4n) is 4.16. The normalized spacial score (nSPS) is 14.7. The summed E-state index contributed by atoms with van der Waals surface area (Å²) in [6.07, 6.45) is 0.